The van der Waals surface area contributed by atoms with Gasteiger partial charge in [0.15, 0.2) is 0 Å². The molecule has 0 unspecified atom stereocenters. The van der Waals surface area contributed by atoms with Gasteiger partial charge < -0.3 is 15.2 Å². The van der Waals surface area contributed by atoms with Gasteiger partial charge in [0.2, 0.25) is 0 Å². The molecular formula is C17H25N3. The first kappa shape index (κ1) is 13.7. The van der Waals surface area contributed by atoms with Crippen LogP contribution in [0.5, 0.6) is 0 Å². The number of nitrogens with one attached hydrogen (secondary N) is 2. The Bertz CT molecular complexity index is 526. The van der Waals surface area contributed by atoms with Crippen molar-refractivity contribution < 1.29 is 0 Å². The van der Waals surface area contributed by atoms with Crippen molar-refractivity contribution in [1.29, 1.82) is 0 Å². The number of benzene rings is 1. The van der Waals surface area contributed by atoms with Crippen LogP contribution in [0.2, 0.25) is 0 Å². The number of aromatic nitrogens is 1. The van der Waals surface area contributed by atoms with Crippen molar-refractivity contribution in [2.45, 2.75) is 32.2 Å². The molecule has 2 heterocycles. The molecule has 2 aromatic rings. The van der Waals surface area contributed by atoms with E-state index in [-0.39, 0.29) is 0 Å². The number of fused-ring (bicyclic) bond motifs is 1. The zero-order valence-electron chi connectivity index (χ0n) is 12.2. The minimum Gasteiger partial charge on any atom is -0.361 e. The summed E-state index contributed by atoms with van der Waals surface area (Å²) in [7, 11) is 0. The SMILES string of the molecule is c1cc2cc(CNCCCN3CCCCC3)ccc2[nH]1. The van der Waals surface area contributed by atoms with E-state index in [1.807, 2.05) is 6.20 Å². The fourth-order valence-corrected chi connectivity index (χ4v) is 3.06. The number of aromatic amines is 1. The molecule has 0 bridgehead atoms. The lowest BCUT2D eigenvalue weighted by Gasteiger charge is -2.26. The Morgan fingerprint density at radius 3 is 2.90 bits per heavy atom. The van der Waals surface area contributed by atoms with Gasteiger partial charge in [0.25, 0.3) is 0 Å². The Morgan fingerprint density at radius 2 is 2.00 bits per heavy atom. The molecule has 20 heavy (non-hydrogen) atoms. The van der Waals surface area contributed by atoms with E-state index in [1.54, 1.807) is 0 Å². The summed E-state index contributed by atoms with van der Waals surface area (Å²) in [5, 5.41) is 4.86. The Morgan fingerprint density at radius 1 is 1.10 bits per heavy atom. The highest BCUT2D eigenvalue weighted by Gasteiger charge is 2.08. The van der Waals surface area contributed by atoms with Crippen LogP contribution in [-0.2, 0) is 6.54 Å². The number of likely N-dealkylation sites (tertiary alicyclic amines) is 1. The normalized spacial score (nSPS) is 16.8. The molecule has 0 spiro atoms. The van der Waals surface area contributed by atoms with Crippen molar-refractivity contribution >= 4 is 10.9 Å². The maximum absolute atomic E-state index is 3.56. The monoisotopic (exact) mass is 271 g/mol. The smallest absolute Gasteiger partial charge is 0.0454 e. The van der Waals surface area contributed by atoms with E-state index < -0.39 is 0 Å². The van der Waals surface area contributed by atoms with E-state index in [0.717, 1.165) is 13.1 Å². The first-order chi connectivity index (χ1) is 9.92. The standard InChI is InChI=1S/C17H25N3/c1-2-10-20(11-3-1)12-4-8-18-14-15-5-6-17-16(13-15)7-9-19-17/h5-7,9,13,18-19H,1-4,8,10-12,14H2. The molecule has 1 aromatic carbocycles. The lowest BCUT2D eigenvalue weighted by molar-refractivity contribution is 0.225. The predicted octanol–water partition coefficient (Wildman–Crippen LogP) is 3.13. The van der Waals surface area contributed by atoms with Crippen molar-refractivity contribution in [3.05, 3.63) is 36.0 Å². The summed E-state index contributed by atoms with van der Waals surface area (Å²) in [4.78, 5) is 5.84. The van der Waals surface area contributed by atoms with Crippen LogP contribution in [0.3, 0.4) is 0 Å². The van der Waals surface area contributed by atoms with Crippen molar-refractivity contribution in [3.63, 3.8) is 0 Å². The van der Waals surface area contributed by atoms with E-state index in [9.17, 15) is 0 Å². The summed E-state index contributed by atoms with van der Waals surface area (Å²) in [6.07, 6.45) is 7.47. The second-order valence-corrected chi connectivity index (χ2v) is 5.83. The van der Waals surface area contributed by atoms with Gasteiger partial charge in [0.05, 0.1) is 0 Å². The third kappa shape index (κ3) is 3.62. The highest BCUT2D eigenvalue weighted by molar-refractivity contribution is 5.79. The lowest BCUT2D eigenvalue weighted by atomic mass is 10.1. The highest BCUT2D eigenvalue weighted by Crippen LogP contribution is 2.14. The minimum absolute atomic E-state index is 0.973. The van der Waals surface area contributed by atoms with E-state index in [4.69, 9.17) is 0 Å². The topological polar surface area (TPSA) is 31.1 Å². The minimum atomic E-state index is 0.973. The fraction of sp³-hybridized carbons (Fsp3) is 0.529. The molecule has 0 saturated carbocycles. The van der Waals surface area contributed by atoms with Gasteiger partial charge in [-0.2, -0.15) is 0 Å². The van der Waals surface area contributed by atoms with Crippen LogP contribution in [0, 0.1) is 0 Å². The number of H-pyrrole nitrogens is 1. The lowest BCUT2D eigenvalue weighted by Crippen LogP contribution is -2.32. The van der Waals surface area contributed by atoms with Crippen LogP contribution >= 0.6 is 0 Å². The Kier molecular flexibility index (Phi) is 4.72. The van der Waals surface area contributed by atoms with Crippen molar-refractivity contribution in [2.24, 2.45) is 0 Å². The molecule has 3 heteroatoms. The van der Waals surface area contributed by atoms with E-state index in [1.165, 1.54) is 61.8 Å². The number of hydrogen-bond donors (Lipinski definition) is 2. The quantitative estimate of drug-likeness (QED) is 0.791. The summed E-state index contributed by atoms with van der Waals surface area (Å²) < 4.78 is 0. The van der Waals surface area contributed by atoms with Crippen LogP contribution in [0.4, 0.5) is 0 Å². The predicted molar refractivity (Wildman–Crippen MR) is 84.9 cm³/mol. The van der Waals surface area contributed by atoms with Crippen LogP contribution in [0.1, 0.15) is 31.2 Å². The van der Waals surface area contributed by atoms with Gasteiger partial charge in [-0.3, -0.25) is 0 Å². The van der Waals surface area contributed by atoms with Gasteiger partial charge in [-0.15, -0.1) is 0 Å². The molecule has 0 amide bonds. The number of rotatable bonds is 6. The molecule has 108 valence electrons. The van der Waals surface area contributed by atoms with Crippen LogP contribution < -0.4 is 5.32 Å². The summed E-state index contributed by atoms with van der Waals surface area (Å²) in [5.74, 6) is 0. The van der Waals surface area contributed by atoms with E-state index >= 15 is 0 Å². The Hall–Kier alpha value is -1.32. The average Bonchev–Trinajstić information content (AvgIpc) is 2.95. The molecule has 3 rings (SSSR count). The summed E-state index contributed by atoms with van der Waals surface area (Å²) in [5.41, 5.74) is 2.59. The average molecular weight is 271 g/mol. The van der Waals surface area contributed by atoms with E-state index in [2.05, 4.69) is 39.5 Å². The van der Waals surface area contributed by atoms with Crippen LogP contribution in [0.15, 0.2) is 30.5 Å². The molecule has 0 radical (unpaired) electrons. The van der Waals surface area contributed by atoms with Crippen molar-refractivity contribution in [1.82, 2.24) is 15.2 Å². The van der Waals surface area contributed by atoms with Crippen LogP contribution in [0.25, 0.3) is 10.9 Å². The summed E-state index contributed by atoms with van der Waals surface area (Å²) >= 11 is 0. The van der Waals surface area contributed by atoms with Gasteiger partial charge in [0.1, 0.15) is 0 Å². The molecule has 2 N–H and O–H groups in total. The molecule has 1 aliphatic rings. The third-order valence-corrected chi connectivity index (χ3v) is 4.22. The molecule has 1 aliphatic heterocycles. The van der Waals surface area contributed by atoms with Gasteiger partial charge >= 0.3 is 0 Å². The third-order valence-electron chi connectivity index (χ3n) is 4.22. The molecule has 1 fully saturated rings. The maximum Gasteiger partial charge on any atom is 0.0454 e. The Labute approximate surface area is 121 Å². The summed E-state index contributed by atoms with van der Waals surface area (Å²) in [6, 6.07) is 8.77. The zero-order chi connectivity index (χ0) is 13.6. The number of hydrogen-bond acceptors (Lipinski definition) is 2. The highest BCUT2D eigenvalue weighted by atomic mass is 15.1. The molecule has 1 aromatic heterocycles. The van der Waals surface area contributed by atoms with Gasteiger partial charge in [-0.1, -0.05) is 12.5 Å². The van der Waals surface area contributed by atoms with Gasteiger partial charge in [0, 0.05) is 18.3 Å². The zero-order valence-corrected chi connectivity index (χ0v) is 12.2. The molecule has 1 saturated heterocycles. The molecular weight excluding hydrogens is 246 g/mol. The van der Waals surface area contributed by atoms with E-state index in [0.29, 0.717) is 0 Å². The molecule has 3 nitrogen and oxygen atoms in total. The first-order valence-corrected chi connectivity index (χ1v) is 7.91. The second-order valence-electron chi connectivity index (χ2n) is 5.83. The van der Waals surface area contributed by atoms with Gasteiger partial charge in [-0.25, -0.2) is 0 Å². The summed E-state index contributed by atoms with van der Waals surface area (Å²) in [6.45, 7) is 5.96. The van der Waals surface area contributed by atoms with Crippen molar-refractivity contribution in [3.8, 4) is 0 Å². The number of nitrogens with zero attached hydrogens (tertiary/aromatic N) is 1. The maximum atomic E-state index is 3.56. The van der Waals surface area contributed by atoms with Crippen LogP contribution in [-0.4, -0.2) is 36.1 Å². The largest absolute Gasteiger partial charge is 0.361 e. The van der Waals surface area contributed by atoms with Gasteiger partial charge in [-0.05, 0) is 74.6 Å². The Balaban J connectivity index is 1.36. The molecule has 0 aliphatic carbocycles. The first-order valence-electron chi connectivity index (χ1n) is 7.91. The fourth-order valence-electron chi connectivity index (χ4n) is 3.06. The molecule has 0 atom stereocenters. The van der Waals surface area contributed by atoms with Crippen molar-refractivity contribution in [2.75, 3.05) is 26.2 Å². The number of piperidine rings is 1. The second kappa shape index (κ2) is 6.91.